The van der Waals surface area contributed by atoms with Gasteiger partial charge >= 0.3 is 5.97 Å². The molecule has 0 atom stereocenters. The van der Waals surface area contributed by atoms with Gasteiger partial charge in [-0.15, -0.1) is 0 Å². The summed E-state index contributed by atoms with van der Waals surface area (Å²) in [7, 11) is -3.86. The normalized spacial score (nSPS) is 10.8. The number of nitrogens with zero attached hydrogens (tertiary/aromatic N) is 1. The van der Waals surface area contributed by atoms with Crippen LogP contribution in [0.5, 0.6) is 5.75 Å². The van der Waals surface area contributed by atoms with Crippen LogP contribution in [0.3, 0.4) is 0 Å². The number of hydrogen-bond donors (Lipinski definition) is 2. The molecule has 0 heterocycles. The molecule has 0 aliphatic rings. The standard InChI is InChI=1S/C24H23N3O8S/c1-3-34-19-9-11-20(12-10-19)36(32,33)26-18-7-5-17(6-8-18)24(29)35-15-23(28)25-21-13-4-16(2)14-22(21)27(30)31/h4-14,26H,3,15H2,1-2H3,(H,25,28). The lowest BCUT2D eigenvalue weighted by atomic mass is 10.2. The van der Waals surface area contributed by atoms with E-state index < -0.39 is 33.4 Å². The Morgan fingerprint density at radius 3 is 2.28 bits per heavy atom. The Bertz CT molecular complexity index is 1370. The predicted octanol–water partition coefficient (Wildman–Crippen LogP) is 3.90. The van der Waals surface area contributed by atoms with Gasteiger partial charge in [-0.2, -0.15) is 0 Å². The molecule has 3 aromatic rings. The molecule has 36 heavy (non-hydrogen) atoms. The van der Waals surface area contributed by atoms with E-state index in [2.05, 4.69) is 10.0 Å². The lowest BCUT2D eigenvalue weighted by Crippen LogP contribution is -2.21. The van der Waals surface area contributed by atoms with Gasteiger partial charge in [0.2, 0.25) is 0 Å². The van der Waals surface area contributed by atoms with Crippen LogP contribution in [0.15, 0.2) is 71.6 Å². The summed E-state index contributed by atoms with van der Waals surface area (Å²) in [4.78, 5) is 35.0. The second kappa shape index (κ2) is 11.3. The smallest absolute Gasteiger partial charge is 0.338 e. The monoisotopic (exact) mass is 513 g/mol. The van der Waals surface area contributed by atoms with E-state index in [1.54, 1.807) is 25.1 Å². The number of ether oxygens (including phenoxy) is 2. The third-order valence-corrected chi connectivity index (χ3v) is 6.17. The molecule has 0 aliphatic carbocycles. The van der Waals surface area contributed by atoms with Crippen molar-refractivity contribution in [2.24, 2.45) is 0 Å². The molecule has 1 amide bonds. The van der Waals surface area contributed by atoms with E-state index >= 15 is 0 Å². The molecule has 12 heteroatoms. The Balaban J connectivity index is 1.57. The number of carbonyl (C=O) groups excluding carboxylic acids is 2. The summed E-state index contributed by atoms with van der Waals surface area (Å²) < 4.78 is 37.8. The highest BCUT2D eigenvalue weighted by molar-refractivity contribution is 7.92. The Hall–Kier alpha value is -4.45. The van der Waals surface area contributed by atoms with Crippen molar-refractivity contribution in [1.82, 2.24) is 0 Å². The average molecular weight is 514 g/mol. The molecule has 0 fully saturated rings. The molecule has 0 unspecified atom stereocenters. The van der Waals surface area contributed by atoms with E-state index in [9.17, 15) is 28.1 Å². The number of nitrogens with one attached hydrogen (secondary N) is 2. The summed E-state index contributed by atoms with van der Waals surface area (Å²) in [6.07, 6.45) is 0. The first-order chi connectivity index (χ1) is 17.1. The zero-order valence-electron chi connectivity index (χ0n) is 19.4. The number of amides is 1. The van der Waals surface area contributed by atoms with Gasteiger partial charge < -0.3 is 14.8 Å². The molecule has 0 spiro atoms. The molecule has 0 aliphatic heterocycles. The van der Waals surface area contributed by atoms with Crippen molar-refractivity contribution in [2.45, 2.75) is 18.7 Å². The Morgan fingerprint density at radius 1 is 1.00 bits per heavy atom. The molecule has 3 aromatic carbocycles. The number of nitro groups is 1. The van der Waals surface area contributed by atoms with Crippen molar-refractivity contribution < 1.29 is 32.4 Å². The van der Waals surface area contributed by atoms with Crippen LogP contribution >= 0.6 is 0 Å². The van der Waals surface area contributed by atoms with Crippen molar-refractivity contribution in [2.75, 3.05) is 23.3 Å². The molecule has 2 N–H and O–H groups in total. The van der Waals surface area contributed by atoms with Gasteiger partial charge in [-0.3, -0.25) is 19.6 Å². The zero-order chi connectivity index (χ0) is 26.3. The van der Waals surface area contributed by atoms with Gasteiger partial charge in [0.05, 0.1) is 22.0 Å². The maximum Gasteiger partial charge on any atom is 0.338 e. The van der Waals surface area contributed by atoms with Gasteiger partial charge in [0.15, 0.2) is 6.61 Å². The number of rotatable bonds is 10. The lowest BCUT2D eigenvalue weighted by Gasteiger charge is -2.10. The summed E-state index contributed by atoms with van der Waals surface area (Å²) in [5.74, 6) is -1.04. The Morgan fingerprint density at radius 2 is 1.67 bits per heavy atom. The molecular formula is C24H23N3O8S. The largest absolute Gasteiger partial charge is 0.494 e. The maximum atomic E-state index is 12.6. The molecule has 0 aromatic heterocycles. The van der Waals surface area contributed by atoms with E-state index in [-0.39, 0.29) is 27.5 Å². The quantitative estimate of drug-likeness (QED) is 0.235. The number of hydrogen-bond acceptors (Lipinski definition) is 8. The van der Waals surface area contributed by atoms with Gasteiger partial charge in [0.25, 0.3) is 21.6 Å². The minimum Gasteiger partial charge on any atom is -0.494 e. The third-order valence-electron chi connectivity index (χ3n) is 4.78. The topological polar surface area (TPSA) is 154 Å². The van der Waals surface area contributed by atoms with E-state index in [1.807, 2.05) is 6.92 Å². The Labute approximate surface area is 207 Å². The second-order valence-electron chi connectivity index (χ2n) is 7.49. The number of aryl methyl sites for hydroxylation is 1. The number of benzene rings is 3. The summed E-state index contributed by atoms with van der Waals surface area (Å²) in [5, 5.41) is 13.5. The number of carbonyl (C=O) groups is 2. The van der Waals surface area contributed by atoms with Crippen LogP contribution in [-0.2, 0) is 19.6 Å². The van der Waals surface area contributed by atoms with Gasteiger partial charge in [0, 0.05) is 11.8 Å². The highest BCUT2D eigenvalue weighted by Gasteiger charge is 2.18. The van der Waals surface area contributed by atoms with Crippen LogP contribution in [0, 0.1) is 17.0 Å². The van der Waals surface area contributed by atoms with Crippen LogP contribution in [0.4, 0.5) is 17.1 Å². The van der Waals surface area contributed by atoms with Crippen molar-refractivity contribution in [3.63, 3.8) is 0 Å². The Kier molecular flexibility index (Phi) is 8.22. The number of nitro benzene ring substituents is 1. The fourth-order valence-electron chi connectivity index (χ4n) is 3.07. The summed E-state index contributed by atoms with van der Waals surface area (Å²) in [6.45, 7) is 3.28. The minimum atomic E-state index is -3.86. The fraction of sp³-hybridized carbons (Fsp3) is 0.167. The molecule has 0 saturated heterocycles. The van der Waals surface area contributed by atoms with E-state index in [4.69, 9.17) is 9.47 Å². The minimum absolute atomic E-state index is 0.0178. The summed E-state index contributed by atoms with van der Waals surface area (Å²) in [6, 6.07) is 15.6. The van der Waals surface area contributed by atoms with Crippen molar-refractivity contribution in [3.8, 4) is 5.75 Å². The van der Waals surface area contributed by atoms with Crippen LogP contribution in [0.25, 0.3) is 0 Å². The fourth-order valence-corrected chi connectivity index (χ4v) is 4.13. The van der Waals surface area contributed by atoms with Crippen LogP contribution in [0.2, 0.25) is 0 Å². The van der Waals surface area contributed by atoms with Gasteiger partial charge in [0.1, 0.15) is 11.4 Å². The van der Waals surface area contributed by atoms with Crippen molar-refractivity contribution in [1.29, 1.82) is 0 Å². The first-order valence-corrected chi connectivity index (χ1v) is 12.1. The van der Waals surface area contributed by atoms with Crippen molar-refractivity contribution in [3.05, 3.63) is 88.0 Å². The first kappa shape index (κ1) is 26.2. The molecular weight excluding hydrogens is 490 g/mol. The average Bonchev–Trinajstić information content (AvgIpc) is 2.84. The maximum absolute atomic E-state index is 12.6. The molecule has 3 rings (SSSR count). The molecule has 188 valence electrons. The van der Waals surface area contributed by atoms with E-state index in [1.165, 1.54) is 48.5 Å². The summed E-state index contributed by atoms with van der Waals surface area (Å²) in [5.41, 5.74) is 0.642. The van der Waals surface area contributed by atoms with Crippen LogP contribution in [0.1, 0.15) is 22.8 Å². The summed E-state index contributed by atoms with van der Waals surface area (Å²) >= 11 is 0. The highest BCUT2D eigenvalue weighted by atomic mass is 32.2. The van der Waals surface area contributed by atoms with Gasteiger partial charge in [-0.1, -0.05) is 6.07 Å². The SMILES string of the molecule is CCOc1ccc(S(=O)(=O)Nc2ccc(C(=O)OCC(=O)Nc3ccc(C)cc3[N+](=O)[O-])cc2)cc1. The molecule has 0 bridgehead atoms. The first-order valence-electron chi connectivity index (χ1n) is 10.7. The van der Waals surface area contributed by atoms with Crippen molar-refractivity contribution >= 4 is 39.0 Å². The van der Waals surface area contributed by atoms with E-state index in [0.717, 1.165) is 0 Å². The van der Waals surface area contributed by atoms with Crippen LogP contribution < -0.4 is 14.8 Å². The number of esters is 1. The van der Waals surface area contributed by atoms with E-state index in [0.29, 0.717) is 17.9 Å². The number of sulfonamides is 1. The zero-order valence-corrected chi connectivity index (χ0v) is 20.2. The second-order valence-corrected chi connectivity index (χ2v) is 9.17. The van der Waals surface area contributed by atoms with Crippen LogP contribution in [-0.4, -0.2) is 38.4 Å². The highest BCUT2D eigenvalue weighted by Crippen LogP contribution is 2.25. The molecule has 0 radical (unpaired) electrons. The lowest BCUT2D eigenvalue weighted by molar-refractivity contribution is -0.384. The predicted molar refractivity (Wildman–Crippen MR) is 132 cm³/mol. The van der Waals surface area contributed by atoms with Gasteiger partial charge in [-0.05, 0) is 74.0 Å². The molecule has 0 saturated carbocycles. The number of anilines is 2. The molecule has 11 nitrogen and oxygen atoms in total. The van der Waals surface area contributed by atoms with Gasteiger partial charge in [-0.25, -0.2) is 13.2 Å². The third kappa shape index (κ3) is 6.79.